The Kier molecular flexibility index (Phi) is 3.72. The van der Waals surface area contributed by atoms with Gasteiger partial charge < -0.3 is 10.1 Å². The van der Waals surface area contributed by atoms with Crippen molar-refractivity contribution in [1.82, 2.24) is 10.3 Å². The predicted octanol–water partition coefficient (Wildman–Crippen LogP) is 2.35. The van der Waals surface area contributed by atoms with Crippen molar-refractivity contribution in [2.75, 3.05) is 13.7 Å². The Bertz CT molecular complexity index is 309. The quantitative estimate of drug-likeness (QED) is 0.808. The van der Waals surface area contributed by atoms with Crippen molar-refractivity contribution in [3.05, 3.63) is 16.1 Å². The molecule has 0 aliphatic heterocycles. The van der Waals surface area contributed by atoms with Gasteiger partial charge in [0.05, 0.1) is 5.69 Å². The minimum absolute atomic E-state index is 0.241. The maximum atomic E-state index is 5.51. The molecule has 1 atom stereocenters. The minimum atomic E-state index is 0.241. The number of nitrogens with zero attached hydrogens (tertiary/aromatic N) is 1. The first-order valence-electron chi connectivity index (χ1n) is 5.53. The number of rotatable bonds is 6. The van der Waals surface area contributed by atoms with Crippen LogP contribution < -0.4 is 5.32 Å². The molecule has 1 fully saturated rings. The number of hydrogen-bond donors (Lipinski definition) is 1. The summed E-state index contributed by atoms with van der Waals surface area (Å²) >= 11 is 1.72. The fraction of sp³-hybridized carbons (Fsp3) is 0.727. The Balaban J connectivity index is 1.98. The van der Waals surface area contributed by atoms with Gasteiger partial charge in [0, 0.05) is 19.0 Å². The van der Waals surface area contributed by atoms with Crippen LogP contribution in [0.15, 0.2) is 5.38 Å². The summed E-state index contributed by atoms with van der Waals surface area (Å²) in [5, 5.41) is 6.56. The average Bonchev–Trinajstić information content (AvgIpc) is 2.96. The van der Waals surface area contributed by atoms with Crippen molar-refractivity contribution in [3.63, 3.8) is 0 Å². The van der Waals surface area contributed by atoms with Gasteiger partial charge in [0.1, 0.15) is 11.1 Å². The Morgan fingerprint density at radius 1 is 1.67 bits per heavy atom. The van der Waals surface area contributed by atoms with Gasteiger partial charge in [0.25, 0.3) is 0 Å². The molecule has 4 heteroatoms. The highest BCUT2D eigenvalue weighted by molar-refractivity contribution is 7.09. The lowest BCUT2D eigenvalue weighted by Crippen LogP contribution is -2.12. The van der Waals surface area contributed by atoms with Crippen LogP contribution in [0.3, 0.4) is 0 Å². The van der Waals surface area contributed by atoms with Crippen LogP contribution in [-0.2, 0) is 11.3 Å². The van der Waals surface area contributed by atoms with Gasteiger partial charge in [-0.3, -0.25) is 0 Å². The predicted molar refractivity (Wildman–Crippen MR) is 62.0 cm³/mol. The summed E-state index contributed by atoms with van der Waals surface area (Å²) in [6, 6.07) is 0. The van der Waals surface area contributed by atoms with Crippen molar-refractivity contribution in [1.29, 1.82) is 0 Å². The van der Waals surface area contributed by atoms with Gasteiger partial charge in [-0.1, -0.05) is 6.92 Å². The molecule has 1 aliphatic rings. The molecule has 1 aromatic rings. The van der Waals surface area contributed by atoms with Crippen molar-refractivity contribution in [2.24, 2.45) is 5.92 Å². The standard InChI is InChI=1S/C11H18N2OS/c1-3-12-6-9-7-15-11(13-9)10(14-2)8-4-5-8/h7-8,10,12H,3-6H2,1-2H3. The van der Waals surface area contributed by atoms with E-state index in [1.807, 2.05) is 0 Å². The Morgan fingerprint density at radius 3 is 3.07 bits per heavy atom. The van der Waals surface area contributed by atoms with Gasteiger partial charge in [-0.15, -0.1) is 11.3 Å². The lowest BCUT2D eigenvalue weighted by Gasteiger charge is -2.10. The molecule has 0 saturated heterocycles. The summed E-state index contributed by atoms with van der Waals surface area (Å²) in [7, 11) is 1.79. The first-order valence-corrected chi connectivity index (χ1v) is 6.41. The number of nitrogens with one attached hydrogen (secondary N) is 1. The van der Waals surface area contributed by atoms with Crippen LogP contribution in [0, 0.1) is 5.92 Å². The average molecular weight is 226 g/mol. The van der Waals surface area contributed by atoms with Gasteiger partial charge in [-0.2, -0.15) is 0 Å². The molecule has 0 amide bonds. The van der Waals surface area contributed by atoms with E-state index in [4.69, 9.17) is 4.74 Å². The second-order valence-corrected chi connectivity index (χ2v) is 4.84. The summed E-state index contributed by atoms with van der Waals surface area (Å²) in [4.78, 5) is 4.61. The number of thiazole rings is 1. The third kappa shape index (κ3) is 2.77. The molecule has 0 bridgehead atoms. The normalized spacial score (nSPS) is 18.0. The van der Waals surface area contributed by atoms with E-state index >= 15 is 0 Å². The monoisotopic (exact) mass is 226 g/mol. The molecule has 1 N–H and O–H groups in total. The largest absolute Gasteiger partial charge is 0.374 e. The number of methoxy groups -OCH3 is 1. The topological polar surface area (TPSA) is 34.1 Å². The van der Waals surface area contributed by atoms with E-state index in [0.717, 1.165) is 23.8 Å². The third-order valence-corrected chi connectivity index (χ3v) is 3.63. The highest BCUT2D eigenvalue weighted by Gasteiger charge is 2.34. The zero-order valence-corrected chi connectivity index (χ0v) is 10.1. The second-order valence-electron chi connectivity index (χ2n) is 3.95. The molecule has 1 saturated carbocycles. The molecule has 3 nitrogen and oxygen atoms in total. The summed E-state index contributed by atoms with van der Waals surface area (Å²) in [6.45, 7) is 3.97. The third-order valence-electron chi connectivity index (χ3n) is 2.67. The summed E-state index contributed by atoms with van der Waals surface area (Å²) in [6.07, 6.45) is 2.83. The molecule has 0 radical (unpaired) electrons. The van der Waals surface area contributed by atoms with E-state index in [-0.39, 0.29) is 6.10 Å². The van der Waals surface area contributed by atoms with Crippen molar-refractivity contribution >= 4 is 11.3 Å². The summed E-state index contributed by atoms with van der Waals surface area (Å²) in [5.41, 5.74) is 1.14. The van der Waals surface area contributed by atoms with Crippen LogP contribution in [0.2, 0.25) is 0 Å². The lowest BCUT2D eigenvalue weighted by atomic mass is 10.2. The zero-order chi connectivity index (χ0) is 10.7. The van der Waals surface area contributed by atoms with Crippen LogP contribution in [0.4, 0.5) is 0 Å². The molecule has 84 valence electrons. The van der Waals surface area contributed by atoms with E-state index in [9.17, 15) is 0 Å². The highest BCUT2D eigenvalue weighted by atomic mass is 32.1. The molecule has 15 heavy (non-hydrogen) atoms. The van der Waals surface area contributed by atoms with Crippen molar-refractivity contribution in [2.45, 2.75) is 32.4 Å². The SMILES string of the molecule is CCNCc1csc(C(OC)C2CC2)n1. The number of aromatic nitrogens is 1. The summed E-state index contributed by atoms with van der Waals surface area (Å²) in [5.74, 6) is 0.716. The molecule has 0 aromatic carbocycles. The molecule has 0 spiro atoms. The number of ether oxygens (including phenoxy) is 1. The van der Waals surface area contributed by atoms with Gasteiger partial charge in [0.15, 0.2) is 0 Å². The second kappa shape index (κ2) is 5.05. The Labute approximate surface area is 94.9 Å². The molecule has 1 aliphatic carbocycles. The fourth-order valence-corrected chi connectivity index (χ4v) is 2.67. The molecular formula is C11H18N2OS. The van der Waals surface area contributed by atoms with Crippen LogP contribution in [0.1, 0.15) is 36.6 Å². The van der Waals surface area contributed by atoms with Gasteiger partial charge in [0.2, 0.25) is 0 Å². The van der Waals surface area contributed by atoms with E-state index < -0.39 is 0 Å². The van der Waals surface area contributed by atoms with Crippen LogP contribution >= 0.6 is 11.3 Å². The first kappa shape index (κ1) is 11.0. The van der Waals surface area contributed by atoms with Crippen molar-refractivity contribution in [3.8, 4) is 0 Å². The van der Waals surface area contributed by atoms with Gasteiger partial charge >= 0.3 is 0 Å². The van der Waals surface area contributed by atoms with E-state index in [1.165, 1.54) is 12.8 Å². The van der Waals surface area contributed by atoms with Crippen molar-refractivity contribution < 1.29 is 4.74 Å². The first-order chi connectivity index (χ1) is 7.35. The maximum absolute atomic E-state index is 5.51. The maximum Gasteiger partial charge on any atom is 0.122 e. The molecule has 2 rings (SSSR count). The molecule has 1 unspecified atom stereocenters. The molecule has 1 aromatic heterocycles. The fourth-order valence-electron chi connectivity index (χ4n) is 1.68. The molecular weight excluding hydrogens is 208 g/mol. The van der Waals surface area contributed by atoms with Gasteiger partial charge in [-0.25, -0.2) is 4.98 Å². The number of hydrogen-bond acceptors (Lipinski definition) is 4. The van der Waals surface area contributed by atoms with Crippen LogP contribution in [-0.4, -0.2) is 18.6 Å². The summed E-state index contributed by atoms with van der Waals surface area (Å²) < 4.78 is 5.51. The van der Waals surface area contributed by atoms with Gasteiger partial charge in [-0.05, 0) is 25.3 Å². The minimum Gasteiger partial charge on any atom is -0.374 e. The lowest BCUT2D eigenvalue weighted by molar-refractivity contribution is 0.0842. The van der Waals surface area contributed by atoms with E-state index in [1.54, 1.807) is 18.4 Å². The van der Waals surface area contributed by atoms with E-state index in [2.05, 4.69) is 22.6 Å². The Hall–Kier alpha value is -0.450. The Morgan fingerprint density at radius 2 is 2.47 bits per heavy atom. The van der Waals surface area contributed by atoms with Crippen LogP contribution in [0.25, 0.3) is 0 Å². The van der Waals surface area contributed by atoms with Crippen LogP contribution in [0.5, 0.6) is 0 Å². The van der Waals surface area contributed by atoms with E-state index in [0.29, 0.717) is 5.92 Å². The highest BCUT2D eigenvalue weighted by Crippen LogP contribution is 2.43. The molecule has 1 heterocycles. The smallest absolute Gasteiger partial charge is 0.122 e. The zero-order valence-electron chi connectivity index (χ0n) is 9.32.